The largest absolute Gasteiger partial charge is 0.481 e. The van der Waals surface area contributed by atoms with Gasteiger partial charge in [-0.15, -0.1) is 0 Å². The highest BCUT2D eigenvalue weighted by atomic mass is 16.5. The van der Waals surface area contributed by atoms with E-state index in [9.17, 15) is 9.90 Å². The van der Waals surface area contributed by atoms with Crippen molar-refractivity contribution in [1.29, 1.82) is 0 Å². The summed E-state index contributed by atoms with van der Waals surface area (Å²) in [7, 11) is 0. The van der Waals surface area contributed by atoms with Crippen molar-refractivity contribution in [3.63, 3.8) is 0 Å². The van der Waals surface area contributed by atoms with E-state index in [0.29, 0.717) is 0 Å². The minimum Gasteiger partial charge on any atom is -0.481 e. The molecule has 1 aliphatic heterocycles. The third-order valence-electron chi connectivity index (χ3n) is 7.55. The normalized spacial score (nSPS) is 23.1. The first-order valence-corrected chi connectivity index (χ1v) is 12.9. The van der Waals surface area contributed by atoms with Gasteiger partial charge >= 0.3 is 5.97 Å². The fourth-order valence-corrected chi connectivity index (χ4v) is 5.47. The number of rotatable bonds is 7. The van der Waals surface area contributed by atoms with E-state index in [1.54, 1.807) is 0 Å². The van der Waals surface area contributed by atoms with E-state index < -0.39 is 5.97 Å². The average molecular weight is 452 g/mol. The molecule has 0 spiro atoms. The molecule has 180 valence electrons. The van der Waals surface area contributed by atoms with Crippen LogP contribution in [0.5, 0.6) is 0 Å². The summed E-state index contributed by atoms with van der Waals surface area (Å²) in [5.74, 6) is 0.716. The van der Waals surface area contributed by atoms with Crippen molar-refractivity contribution in [3.05, 3.63) is 47.5 Å². The van der Waals surface area contributed by atoms with Gasteiger partial charge in [-0.3, -0.25) is 9.69 Å². The third-order valence-corrected chi connectivity index (χ3v) is 7.55. The van der Waals surface area contributed by atoms with Gasteiger partial charge in [0.25, 0.3) is 0 Å². The molecule has 1 heterocycles. The number of carboxylic acid groups (broad SMARTS) is 1. The number of benzene rings is 2. The number of ether oxygens (including phenoxy) is 1. The predicted octanol–water partition coefficient (Wildman–Crippen LogP) is 6.30. The van der Waals surface area contributed by atoms with Gasteiger partial charge in [-0.05, 0) is 119 Å². The molecule has 2 aliphatic rings. The number of hydrogen-bond acceptors (Lipinski definition) is 3. The Kier molecular flexibility index (Phi) is 7.76. The second-order valence-electron chi connectivity index (χ2n) is 11.4. The lowest BCUT2D eigenvalue weighted by Gasteiger charge is -2.31. The first-order chi connectivity index (χ1) is 15.7. The fourth-order valence-electron chi connectivity index (χ4n) is 5.47. The maximum atomic E-state index is 11.2. The van der Waals surface area contributed by atoms with Gasteiger partial charge in [0.05, 0.1) is 18.1 Å². The summed E-state index contributed by atoms with van der Waals surface area (Å²) in [4.78, 5) is 13.6. The molecule has 2 aromatic rings. The molecule has 1 saturated carbocycles. The molecule has 4 heteroatoms. The Bertz CT molecular complexity index is 932. The van der Waals surface area contributed by atoms with E-state index in [1.807, 2.05) is 0 Å². The Morgan fingerprint density at radius 2 is 1.48 bits per heavy atom. The molecule has 0 unspecified atom stereocenters. The van der Waals surface area contributed by atoms with E-state index in [-0.39, 0.29) is 11.5 Å². The zero-order valence-electron chi connectivity index (χ0n) is 20.7. The molecule has 1 saturated heterocycles. The van der Waals surface area contributed by atoms with Crippen LogP contribution in [0.1, 0.15) is 70.4 Å². The first-order valence-electron chi connectivity index (χ1n) is 12.9. The van der Waals surface area contributed by atoms with Gasteiger partial charge in [0.15, 0.2) is 0 Å². The van der Waals surface area contributed by atoms with Gasteiger partial charge in [-0.25, -0.2) is 0 Å². The van der Waals surface area contributed by atoms with Crippen LogP contribution in [0.2, 0.25) is 0 Å². The lowest BCUT2D eigenvalue weighted by Crippen LogP contribution is -2.35. The monoisotopic (exact) mass is 451 g/mol. The highest BCUT2D eigenvalue weighted by Gasteiger charge is 2.25. The second kappa shape index (κ2) is 10.6. The van der Waals surface area contributed by atoms with Crippen molar-refractivity contribution in [3.8, 4) is 0 Å². The standard InChI is InChI=1S/C29H41NO3/c1-29(2,3)33-20-22-6-4-21(5-7-22)16-23-8-10-27-18-24(9-11-26(27)17-23)19-30-14-12-25(13-15-30)28(31)32/h8-11,17-18,21-22,25H,4-7,12-16,19-20H2,1-3H3,(H,31,32)/t21-,22-. The van der Waals surface area contributed by atoms with Crippen LogP contribution in [0.25, 0.3) is 10.8 Å². The van der Waals surface area contributed by atoms with Crippen LogP contribution < -0.4 is 0 Å². The maximum Gasteiger partial charge on any atom is 0.306 e. The topological polar surface area (TPSA) is 49.8 Å². The molecule has 1 aliphatic carbocycles. The predicted molar refractivity (Wildman–Crippen MR) is 134 cm³/mol. The number of nitrogens with zero attached hydrogens (tertiary/aromatic N) is 1. The van der Waals surface area contributed by atoms with Crippen molar-refractivity contribution >= 4 is 16.7 Å². The molecule has 0 aromatic heterocycles. The number of piperidine rings is 1. The Morgan fingerprint density at radius 3 is 2.09 bits per heavy atom. The highest BCUT2D eigenvalue weighted by molar-refractivity contribution is 5.83. The van der Waals surface area contributed by atoms with Crippen molar-refractivity contribution in [1.82, 2.24) is 4.90 Å². The molecule has 0 bridgehead atoms. The molecular formula is C29H41NO3. The summed E-state index contributed by atoms with van der Waals surface area (Å²) in [6, 6.07) is 13.8. The van der Waals surface area contributed by atoms with E-state index >= 15 is 0 Å². The fraction of sp³-hybridized carbons (Fsp3) is 0.621. The summed E-state index contributed by atoms with van der Waals surface area (Å²) in [6.07, 6.45) is 7.92. The smallest absolute Gasteiger partial charge is 0.306 e. The molecule has 1 N–H and O–H groups in total. The zero-order valence-corrected chi connectivity index (χ0v) is 20.7. The molecular weight excluding hydrogens is 410 g/mol. The van der Waals surface area contributed by atoms with Gasteiger partial charge in [-0.1, -0.05) is 30.3 Å². The van der Waals surface area contributed by atoms with Crippen LogP contribution in [0.4, 0.5) is 0 Å². The number of carbonyl (C=O) groups is 1. The highest BCUT2D eigenvalue weighted by Crippen LogP contribution is 2.32. The van der Waals surface area contributed by atoms with Gasteiger partial charge in [-0.2, -0.15) is 0 Å². The first kappa shape index (κ1) is 24.2. The molecule has 2 aromatic carbocycles. The molecule has 0 atom stereocenters. The van der Waals surface area contributed by atoms with E-state index in [0.717, 1.165) is 50.9 Å². The van der Waals surface area contributed by atoms with Crippen molar-refractivity contribution in [2.45, 2.75) is 77.9 Å². The summed E-state index contributed by atoms with van der Waals surface area (Å²) in [6.45, 7) is 10.00. The minimum atomic E-state index is -0.640. The van der Waals surface area contributed by atoms with Crippen LogP contribution in [0, 0.1) is 17.8 Å². The number of likely N-dealkylation sites (tertiary alicyclic amines) is 1. The molecule has 33 heavy (non-hydrogen) atoms. The second-order valence-corrected chi connectivity index (χ2v) is 11.4. The van der Waals surface area contributed by atoms with Gasteiger partial charge in [0, 0.05) is 6.54 Å². The molecule has 4 nitrogen and oxygen atoms in total. The lowest BCUT2D eigenvalue weighted by molar-refractivity contribution is -0.143. The van der Waals surface area contributed by atoms with Gasteiger partial charge < -0.3 is 9.84 Å². The Balaban J connectivity index is 1.28. The van der Waals surface area contributed by atoms with E-state index in [4.69, 9.17) is 4.74 Å². The Labute approximate surface area is 199 Å². The molecule has 0 radical (unpaired) electrons. The van der Waals surface area contributed by atoms with Crippen LogP contribution in [0.15, 0.2) is 36.4 Å². The number of aliphatic carboxylic acids is 1. The molecule has 4 rings (SSSR count). The van der Waals surface area contributed by atoms with Crippen LogP contribution in [0.3, 0.4) is 0 Å². The summed E-state index contributed by atoms with van der Waals surface area (Å²) in [5.41, 5.74) is 2.75. The maximum absolute atomic E-state index is 11.2. The van der Waals surface area contributed by atoms with Crippen LogP contribution in [-0.4, -0.2) is 41.3 Å². The lowest BCUT2D eigenvalue weighted by atomic mass is 9.79. The van der Waals surface area contributed by atoms with E-state index in [1.165, 1.54) is 54.0 Å². The third kappa shape index (κ3) is 7.04. The van der Waals surface area contributed by atoms with Crippen molar-refractivity contribution in [2.75, 3.05) is 19.7 Å². The Hall–Kier alpha value is -1.91. The zero-order chi connectivity index (χ0) is 23.4. The van der Waals surface area contributed by atoms with Crippen molar-refractivity contribution < 1.29 is 14.6 Å². The van der Waals surface area contributed by atoms with Gasteiger partial charge in [0.1, 0.15) is 0 Å². The SMILES string of the molecule is CC(C)(C)OC[C@H]1CC[C@H](Cc2ccc3cc(CN4CCC(C(=O)O)CC4)ccc3c2)CC1. The van der Waals surface area contributed by atoms with Crippen LogP contribution in [-0.2, 0) is 22.5 Å². The summed E-state index contributed by atoms with van der Waals surface area (Å²) >= 11 is 0. The van der Waals surface area contributed by atoms with Gasteiger partial charge in [0.2, 0.25) is 0 Å². The number of fused-ring (bicyclic) bond motifs is 1. The van der Waals surface area contributed by atoms with E-state index in [2.05, 4.69) is 62.1 Å². The summed E-state index contributed by atoms with van der Waals surface area (Å²) < 4.78 is 6.02. The minimum absolute atomic E-state index is 0.0288. The van der Waals surface area contributed by atoms with Crippen molar-refractivity contribution in [2.24, 2.45) is 17.8 Å². The summed E-state index contributed by atoms with van der Waals surface area (Å²) in [5, 5.41) is 11.8. The average Bonchev–Trinajstić information content (AvgIpc) is 2.78. The molecule has 0 amide bonds. The number of carboxylic acids is 1. The Morgan fingerprint density at radius 1 is 0.909 bits per heavy atom. The van der Waals surface area contributed by atoms with Crippen LogP contribution >= 0.6 is 0 Å². The quantitative estimate of drug-likeness (QED) is 0.537. The molecule has 2 fully saturated rings. The number of hydrogen-bond donors (Lipinski definition) is 1.